The fraction of sp³-hybridized carbons (Fsp3) is 0.158. The minimum atomic E-state index is -0.375. The van der Waals surface area contributed by atoms with Crippen LogP contribution in [-0.4, -0.2) is 26.0 Å². The van der Waals surface area contributed by atoms with Crippen molar-refractivity contribution in [2.24, 2.45) is 0 Å². The maximum atomic E-state index is 12.3. The smallest absolute Gasteiger partial charge is 0.308 e. The molecule has 0 unspecified atom stereocenters. The van der Waals surface area contributed by atoms with Gasteiger partial charge in [0.05, 0.1) is 19.8 Å². The molecule has 5 heteroatoms. The van der Waals surface area contributed by atoms with Crippen molar-refractivity contribution in [3.63, 3.8) is 0 Å². The van der Waals surface area contributed by atoms with Gasteiger partial charge in [0.1, 0.15) is 17.2 Å². The van der Waals surface area contributed by atoms with Crippen molar-refractivity contribution in [1.29, 1.82) is 0 Å². The van der Waals surface area contributed by atoms with Crippen molar-refractivity contribution in [2.75, 3.05) is 14.2 Å². The van der Waals surface area contributed by atoms with Crippen molar-refractivity contribution in [3.8, 4) is 17.2 Å². The minimum Gasteiger partial charge on any atom is -0.497 e. The van der Waals surface area contributed by atoms with E-state index in [-0.39, 0.29) is 11.8 Å². The lowest BCUT2D eigenvalue weighted by molar-refractivity contribution is -0.131. The van der Waals surface area contributed by atoms with Gasteiger partial charge in [-0.3, -0.25) is 9.59 Å². The molecule has 0 amide bonds. The minimum absolute atomic E-state index is 0.182. The van der Waals surface area contributed by atoms with Crippen LogP contribution in [0.2, 0.25) is 0 Å². The largest absolute Gasteiger partial charge is 0.497 e. The van der Waals surface area contributed by atoms with Gasteiger partial charge in [0.15, 0.2) is 5.78 Å². The number of rotatable bonds is 6. The quantitative estimate of drug-likeness (QED) is 0.352. The van der Waals surface area contributed by atoms with Gasteiger partial charge in [-0.1, -0.05) is 18.2 Å². The molecule has 0 saturated heterocycles. The zero-order chi connectivity index (χ0) is 17.5. The lowest BCUT2D eigenvalue weighted by Gasteiger charge is -2.07. The first-order valence-corrected chi connectivity index (χ1v) is 7.26. The summed E-state index contributed by atoms with van der Waals surface area (Å²) >= 11 is 0. The predicted octanol–water partition coefficient (Wildman–Crippen LogP) is 3.53. The second-order valence-electron chi connectivity index (χ2n) is 4.93. The van der Waals surface area contributed by atoms with Crippen LogP contribution in [0.15, 0.2) is 48.5 Å². The Morgan fingerprint density at radius 1 is 0.917 bits per heavy atom. The number of carbonyl (C=O) groups excluding carboxylic acids is 2. The van der Waals surface area contributed by atoms with E-state index in [1.165, 1.54) is 20.1 Å². The molecule has 2 aromatic carbocycles. The molecule has 0 fully saturated rings. The van der Waals surface area contributed by atoms with E-state index in [1.807, 2.05) is 0 Å². The third kappa shape index (κ3) is 4.46. The molecule has 0 aliphatic rings. The maximum absolute atomic E-state index is 12.3. The van der Waals surface area contributed by atoms with Gasteiger partial charge in [-0.25, -0.2) is 0 Å². The summed E-state index contributed by atoms with van der Waals surface area (Å²) in [5.74, 6) is 0.976. The number of methoxy groups -OCH3 is 2. The molecule has 0 spiro atoms. The molecular weight excluding hydrogens is 308 g/mol. The fourth-order valence-corrected chi connectivity index (χ4v) is 2.08. The van der Waals surface area contributed by atoms with Crippen LogP contribution in [0.3, 0.4) is 0 Å². The molecule has 5 nitrogen and oxygen atoms in total. The number of carbonyl (C=O) groups is 2. The highest BCUT2D eigenvalue weighted by molar-refractivity contribution is 6.08. The Bertz CT molecular complexity index is 760. The Kier molecular flexibility index (Phi) is 5.73. The second kappa shape index (κ2) is 7.97. The molecular formula is C19H18O5. The van der Waals surface area contributed by atoms with Crippen molar-refractivity contribution in [1.82, 2.24) is 0 Å². The zero-order valence-corrected chi connectivity index (χ0v) is 13.7. The second-order valence-corrected chi connectivity index (χ2v) is 4.93. The first-order chi connectivity index (χ1) is 11.5. The Hall–Kier alpha value is -3.08. The average Bonchev–Trinajstić information content (AvgIpc) is 2.59. The van der Waals surface area contributed by atoms with Gasteiger partial charge < -0.3 is 14.2 Å². The van der Waals surface area contributed by atoms with Crippen molar-refractivity contribution < 1.29 is 23.8 Å². The zero-order valence-electron chi connectivity index (χ0n) is 13.7. The number of allylic oxidation sites excluding steroid dienone is 1. The van der Waals surface area contributed by atoms with Crippen LogP contribution in [0.5, 0.6) is 17.2 Å². The molecule has 0 aliphatic carbocycles. The van der Waals surface area contributed by atoms with E-state index < -0.39 is 0 Å². The van der Waals surface area contributed by atoms with E-state index in [0.717, 1.165) is 5.56 Å². The van der Waals surface area contributed by atoms with Crippen LogP contribution < -0.4 is 14.2 Å². The molecule has 124 valence electrons. The third-order valence-corrected chi connectivity index (χ3v) is 3.24. The SMILES string of the molecule is COc1ccc(C(=O)/C=C/c2ccc(OC(C)=O)cc2)c(OC)c1. The number of hydrogen-bond acceptors (Lipinski definition) is 5. The molecule has 0 N–H and O–H groups in total. The van der Waals surface area contributed by atoms with E-state index in [0.29, 0.717) is 22.8 Å². The molecule has 0 saturated carbocycles. The maximum Gasteiger partial charge on any atom is 0.308 e. The standard InChI is InChI=1S/C19H18O5/c1-13(20)24-15-7-4-14(5-8-15)6-11-18(21)17-10-9-16(22-2)12-19(17)23-3/h4-12H,1-3H3/b11-6+. The van der Waals surface area contributed by atoms with Gasteiger partial charge in [-0.15, -0.1) is 0 Å². The lowest BCUT2D eigenvalue weighted by Crippen LogP contribution is -2.01. The molecule has 0 bridgehead atoms. The van der Waals surface area contributed by atoms with Crippen LogP contribution in [0.4, 0.5) is 0 Å². The molecule has 2 rings (SSSR count). The summed E-state index contributed by atoms with van der Waals surface area (Å²) in [7, 11) is 3.05. The van der Waals surface area contributed by atoms with Gasteiger partial charge in [0.2, 0.25) is 0 Å². The van der Waals surface area contributed by atoms with Crippen LogP contribution >= 0.6 is 0 Å². The summed E-state index contributed by atoms with van der Waals surface area (Å²) in [5, 5.41) is 0. The Labute approximate surface area is 140 Å². The number of hydrogen-bond donors (Lipinski definition) is 0. The van der Waals surface area contributed by atoms with Crippen molar-refractivity contribution >= 4 is 17.8 Å². The monoisotopic (exact) mass is 326 g/mol. The van der Waals surface area contributed by atoms with Crippen molar-refractivity contribution in [2.45, 2.75) is 6.92 Å². The van der Waals surface area contributed by atoms with E-state index in [4.69, 9.17) is 14.2 Å². The summed E-state index contributed by atoms with van der Waals surface area (Å²) in [6, 6.07) is 11.9. The first kappa shape index (κ1) is 17.3. The number of ether oxygens (including phenoxy) is 3. The Morgan fingerprint density at radius 3 is 2.17 bits per heavy atom. The van der Waals surface area contributed by atoms with E-state index in [1.54, 1.807) is 55.7 Å². The van der Waals surface area contributed by atoms with Gasteiger partial charge in [-0.05, 0) is 35.9 Å². The average molecular weight is 326 g/mol. The number of ketones is 1. The van der Waals surface area contributed by atoms with E-state index in [9.17, 15) is 9.59 Å². The number of esters is 1. The third-order valence-electron chi connectivity index (χ3n) is 3.24. The predicted molar refractivity (Wildman–Crippen MR) is 90.7 cm³/mol. The summed E-state index contributed by atoms with van der Waals surface area (Å²) in [4.78, 5) is 23.2. The van der Waals surface area contributed by atoms with Crippen LogP contribution in [-0.2, 0) is 4.79 Å². The summed E-state index contributed by atoms with van der Waals surface area (Å²) in [5.41, 5.74) is 1.26. The Balaban J connectivity index is 2.14. The van der Waals surface area contributed by atoms with Crippen molar-refractivity contribution in [3.05, 3.63) is 59.7 Å². The normalized spacial score (nSPS) is 10.5. The molecule has 24 heavy (non-hydrogen) atoms. The Morgan fingerprint density at radius 2 is 1.58 bits per heavy atom. The van der Waals surface area contributed by atoms with E-state index in [2.05, 4.69) is 0 Å². The summed E-state index contributed by atoms with van der Waals surface area (Å²) in [6.07, 6.45) is 3.15. The van der Waals surface area contributed by atoms with Gasteiger partial charge in [0, 0.05) is 13.0 Å². The van der Waals surface area contributed by atoms with Crippen LogP contribution in [0, 0.1) is 0 Å². The van der Waals surface area contributed by atoms with Gasteiger partial charge >= 0.3 is 5.97 Å². The highest BCUT2D eigenvalue weighted by Gasteiger charge is 2.10. The highest BCUT2D eigenvalue weighted by Crippen LogP contribution is 2.25. The first-order valence-electron chi connectivity index (χ1n) is 7.26. The van der Waals surface area contributed by atoms with Crippen LogP contribution in [0.25, 0.3) is 6.08 Å². The molecule has 2 aromatic rings. The molecule has 0 aliphatic heterocycles. The highest BCUT2D eigenvalue weighted by atomic mass is 16.5. The van der Waals surface area contributed by atoms with E-state index >= 15 is 0 Å². The summed E-state index contributed by atoms with van der Waals surface area (Å²) in [6.45, 7) is 1.34. The lowest BCUT2D eigenvalue weighted by atomic mass is 10.1. The molecule has 0 heterocycles. The van der Waals surface area contributed by atoms with Gasteiger partial charge in [-0.2, -0.15) is 0 Å². The molecule has 0 atom stereocenters. The van der Waals surface area contributed by atoms with Gasteiger partial charge in [0.25, 0.3) is 0 Å². The fourth-order valence-electron chi connectivity index (χ4n) is 2.08. The number of benzene rings is 2. The topological polar surface area (TPSA) is 61.8 Å². The summed E-state index contributed by atoms with van der Waals surface area (Å²) < 4.78 is 15.3. The van der Waals surface area contributed by atoms with Crippen LogP contribution in [0.1, 0.15) is 22.8 Å². The molecule has 0 aromatic heterocycles. The molecule has 0 radical (unpaired) electrons.